The van der Waals surface area contributed by atoms with E-state index in [1.165, 1.54) is 0 Å². The van der Waals surface area contributed by atoms with Gasteiger partial charge in [0.25, 0.3) is 0 Å². The highest BCUT2D eigenvalue weighted by molar-refractivity contribution is 5.67. The molecule has 2 rings (SSSR count). The molecule has 1 unspecified atom stereocenters. The summed E-state index contributed by atoms with van der Waals surface area (Å²) in [5.74, 6) is -1.67. The second kappa shape index (κ2) is 7.81. The molecule has 0 aliphatic carbocycles. The Hall–Kier alpha value is -2.17. The molecule has 0 saturated carbocycles. The first-order valence-electron chi connectivity index (χ1n) is 8.06. The lowest BCUT2D eigenvalue weighted by Crippen LogP contribution is -2.01. The van der Waals surface area contributed by atoms with Crippen LogP contribution in [0.15, 0.2) is 42.5 Å². The Morgan fingerprint density at radius 2 is 1.52 bits per heavy atom. The molecule has 0 aliphatic rings. The van der Waals surface area contributed by atoms with Crippen molar-refractivity contribution >= 4 is 6.08 Å². The summed E-state index contributed by atoms with van der Waals surface area (Å²) < 4.78 is 64.6. The Kier molecular flexibility index (Phi) is 5.98. The summed E-state index contributed by atoms with van der Waals surface area (Å²) in [7, 11) is 0. The third-order valence-corrected chi connectivity index (χ3v) is 4.05. The largest absolute Gasteiger partial charge is 0.409 e. The SMILES string of the molecule is CCCC(C)c1ccc(-c2cc(F)c(/C=C/C(F)(F)F)c(F)c2)cc1. The normalized spacial score (nSPS) is 13.4. The average molecular weight is 354 g/mol. The van der Waals surface area contributed by atoms with Crippen LogP contribution >= 0.6 is 0 Å². The van der Waals surface area contributed by atoms with Gasteiger partial charge in [0.2, 0.25) is 0 Å². The van der Waals surface area contributed by atoms with E-state index in [4.69, 9.17) is 0 Å². The highest BCUT2D eigenvalue weighted by atomic mass is 19.4. The van der Waals surface area contributed by atoms with Gasteiger partial charge >= 0.3 is 6.18 Å². The van der Waals surface area contributed by atoms with Gasteiger partial charge in [-0.3, -0.25) is 0 Å². The molecule has 0 aliphatic heterocycles. The fraction of sp³-hybridized carbons (Fsp3) is 0.300. The van der Waals surface area contributed by atoms with E-state index in [1.54, 1.807) is 12.1 Å². The van der Waals surface area contributed by atoms with E-state index in [2.05, 4.69) is 13.8 Å². The highest BCUT2D eigenvalue weighted by Crippen LogP contribution is 2.28. The molecule has 0 bridgehead atoms. The van der Waals surface area contributed by atoms with E-state index < -0.39 is 23.4 Å². The second-order valence-electron chi connectivity index (χ2n) is 6.04. The minimum absolute atomic E-state index is 0.182. The summed E-state index contributed by atoms with van der Waals surface area (Å²) >= 11 is 0. The van der Waals surface area contributed by atoms with Crippen LogP contribution in [0, 0.1) is 11.6 Å². The van der Waals surface area contributed by atoms with Crippen LogP contribution in [-0.4, -0.2) is 6.18 Å². The van der Waals surface area contributed by atoms with E-state index in [-0.39, 0.29) is 11.6 Å². The van der Waals surface area contributed by atoms with E-state index in [0.717, 1.165) is 30.5 Å². The van der Waals surface area contributed by atoms with E-state index in [0.29, 0.717) is 17.6 Å². The number of alkyl halides is 3. The predicted molar refractivity (Wildman–Crippen MR) is 90.2 cm³/mol. The number of hydrogen-bond donors (Lipinski definition) is 0. The van der Waals surface area contributed by atoms with Crippen molar-refractivity contribution in [2.24, 2.45) is 0 Å². The van der Waals surface area contributed by atoms with Gasteiger partial charge in [-0.15, -0.1) is 0 Å². The van der Waals surface area contributed by atoms with E-state index >= 15 is 0 Å². The van der Waals surface area contributed by atoms with Crippen LogP contribution in [0.5, 0.6) is 0 Å². The van der Waals surface area contributed by atoms with E-state index in [9.17, 15) is 22.0 Å². The molecule has 0 saturated heterocycles. The Morgan fingerprint density at radius 1 is 0.960 bits per heavy atom. The van der Waals surface area contributed by atoms with Gasteiger partial charge in [0, 0.05) is 11.6 Å². The maximum absolute atomic E-state index is 14.0. The average Bonchev–Trinajstić information content (AvgIpc) is 2.53. The molecule has 134 valence electrons. The molecule has 0 nitrogen and oxygen atoms in total. The Morgan fingerprint density at radius 3 is 2.00 bits per heavy atom. The third kappa shape index (κ3) is 5.15. The van der Waals surface area contributed by atoms with Crippen LogP contribution in [0.4, 0.5) is 22.0 Å². The first kappa shape index (κ1) is 19.2. The van der Waals surface area contributed by atoms with Crippen LogP contribution in [0.1, 0.15) is 43.7 Å². The summed E-state index contributed by atoms with van der Waals surface area (Å²) in [6.45, 7) is 4.21. The first-order valence-corrected chi connectivity index (χ1v) is 8.06. The van der Waals surface area contributed by atoms with Crippen molar-refractivity contribution in [1.29, 1.82) is 0 Å². The molecule has 25 heavy (non-hydrogen) atoms. The van der Waals surface area contributed by atoms with Crippen LogP contribution in [0.25, 0.3) is 17.2 Å². The molecule has 0 N–H and O–H groups in total. The maximum atomic E-state index is 14.0. The zero-order chi connectivity index (χ0) is 18.6. The number of benzene rings is 2. The van der Waals surface area contributed by atoms with Gasteiger partial charge in [-0.05, 0) is 47.2 Å². The molecule has 1 atom stereocenters. The van der Waals surface area contributed by atoms with Gasteiger partial charge in [0.1, 0.15) is 11.6 Å². The van der Waals surface area contributed by atoms with Crippen LogP contribution in [0.3, 0.4) is 0 Å². The molecule has 0 heterocycles. The quantitative estimate of drug-likeness (QED) is 0.502. The van der Waals surface area contributed by atoms with Crippen molar-refractivity contribution in [3.63, 3.8) is 0 Å². The Bertz CT molecular complexity index is 719. The molecule has 2 aromatic carbocycles. The van der Waals surface area contributed by atoms with Crippen LogP contribution in [0.2, 0.25) is 0 Å². The second-order valence-corrected chi connectivity index (χ2v) is 6.04. The van der Waals surface area contributed by atoms with Crippen LogP contribution in [-0.2, 0) is 0 Å². The summed E-state index contributed by atoms with van der Waals surface area (Å²) in [4.78, 5) is 0. The molecule has 0 radical (unpaired) electrons. The van der Waals surface area contributed by atoms with Gasteiger partial charge in [0.15, 0.2) is 0 Å². The zero-order valence-corrected chi connectivity index (χ0v) is 14.0. The smallest absolute Gasteiger partial charge is 0.206 e. The lowest BCUT2D eigenvalue weighted by molar-refractivity contribution is -0.0790. The lowest BCUT2D eigenvalue weighted by atomic mass is 9.94. The van der Waals surface area contributed by atoms with Gasteiger partial charge < -0.3 is 0 Å². The monoisotopic (exact) mass is 354 g/mol. The minimum Gasteiger partial charge on any atom is -0.206 e. The fourth-order valence-corrected chi connectivity index (χ4v) is 2.69. The van der Waals surface area contributed by atoms with E-state index in [1.807, 2.05) is 12.1 Å². The van der Waals surface area contributed by atoms with Gasteiger partial charge in [-0.1, -0.05) is 44.5 Å². The van der Waals surface area contributed by atoms with Crippen molar-refractivity contribution in [3.8, 4) is 11.1 Å². The van der Waals surface area contributed by atoms with Crippen molar-refractivity contribution < 1.29 is 22.0 Å². The summed E-state index contributed by atoms with van der Waals surface area (Å²) in [5.41, 5.74) is 1.33. The molecule has 0 spiro atoms. The summed E-state index contributed by atoms with van der Waals surface area (Å²) in [6.07, 6.45) is -2.29. The molecule has 2 aromatic rings. The van der Waals surface area contributed by atoms with Gasteiger partial charge in [-0.2, -0.15) is 13.2 Å². The molecule has 0 aromatic heterocycles. The fourth-order valence-electron chi connectivity index (χ4n) is 2.69. The predicted octanol–water partition coefficient (Wildman–Crippen LogP) is 7.11. The number of halogens is 5. The molecule has 0 fully saturated rings. The number of hydrogen-bond acceptors (Lipinski definition) is 0. The Labute approximate surface area is 144 Å². The van der Waals surface area contributed by atoms with Gasteiger partial charge in [-0.25, -0.2) is 8.78 Å². The summed E-state index contributed by atoms with van der Waals surface area (Å²) in [6, 6.07) is 9.43. The molecular weight excluding hydrogens is 335 g/mol. The molecule has 5 heteroatoms. The minimum atomic E-state index is -4.62. The van der Waals surface area contributed by atoms with Crippen molar-refractivity contribution in [3.05, 3.63) is 65.2 Å². The van der Waals surface area contributed by atoms with Crippen molar-refractivity contribution in [1.82, 2.24) is 0 Å². The summed E-state index contributed by atoms with van der Waals surface area (Å²) in [5, 5.41) is 0. The highest BCUT2D eigenvalue weighted by Gasteiger charge is 2.23. The van der Waals surface area contributed by atoms with Crippen molar-refractivity contribution in [2.45, 2.75) is 38.8 Å². The third-order valence-electron chi connectivity index (χ3n) is 4.05. The molecule has 0 amide bonds. The van der Waals surface area contributed by atoms with Crippen molar-refractivity contribution in [2.75, 3.05) is 0 Å². The lowest BCUT2D eigenvalue weighted by Gasteiger charge is -2.12. The maximum Gasteiger partial charge on any atom is 0.409 e. The van der Waals surface area contributed by atoms with Crippen LogP contribution < -0.4 is 0 Å². The first-order chi connectivity index (χ1) is 11.7. The Balaban J connectivity index is 2.30. The number of rotatable bonds is 5. The number of allylic oxidation sites excluding steroid dienone is 1. The zero-order valence-electron chi connectivity index (χ0n) is 14.0. The molecular formula is C20H19F5. The van der Waals surface area contributed by atoms with Gasteiger partial charge in [0.05, 0.1) is 0 Å². The standard InChI is InChI=1S/C20H19F5/c1-3-4-13(2)14-5-7-15(8-6-14)16-11-18(21)17(19(22)12-16)9-10-20(23,24)25/h5-13H,3-4H2,1-2H3/b10-9+. The topological polar surface area (TPSA) is 0 Å².